The summed E-state index contributed by atoms with van der Waals surface area (Å²) in [5.74, 6) is 0. The lowest BCUT2D eigenvalue weighted by molar-refractivity contribution is 0.469. The van der Waals surface area contributed by atoms with Crippen LogP contribution in [0.1, 0.15) is 6.92 Å². The Bertz CT molecular complexity index is 244. The molecule has 1 atom stereocenters. The zero-order valence-corrected chi connectivity index (χ0v) is 6.55. The average Bonchev–Trinajstić information content (AvgIpc) is 2.13. The monoisotopic (exact) mass is 150 g/mol. The van der Waals surface area contributed by atoms with E-state index in [1.165, 1.54) is 12.2 Å². The van der Waals surface area contributed by atoms with Gasteiger partial charge in [0.2, 0.25) is 0 Å². The third kappa shape index (κ3) is 2.19. The van der Waals surface area contributed by atoms with E-state index in [1.54, 1.807) is 12.2 Å². The lowest BCUT2D eigenvalue weighted by Gasteiger charge is -1.96. The maximum absolute atomic E-state index is 12.6. The van der Waals surface area contributed by atoms with Gasteiger partial charge in [0, 0.05) is 0 Å². The highest BCUT2D eigenvalue weighted by atomic mass is 19.1. The fourth-order valence-electron chi connectivity index (χ4n) is 0.865. The molecule has 1 unspecified atom stereocenters. The molecule has 0 saturated carbocycles. The Morgan fingerprint density at radius 3 is 2.91 bits per heavy atom. The Balaban J connectivity index is 2.85. The van der Waals surface area contributed by atoms with E-state index in [1.807, 2.05) is 13.0 Å². The molecule has 0 aliphatic heterocycles. The number of rotatable bonds is 1. The van der Waals surface area contributed by atoms with E-state index in [9.17, 15) is 4.39 Å². The van der Waals surface area contributed by atoms with Crippen LogP contribution < -0.4 is 0 Å². The smallest absolute Gasteiger partial charge is 0.137 e. The van der Waals surface area contributed by atoms with Crippen LogP contribution in [0.5, 0.6) is 0 Å². The molecular formula is C10H11F. The first-order chi connectivity index (χ1) is 5.20. The number of allylic oxidation sites excluding steroid dienone is 7. The highest BCUT2D eigenvalue weighted by Gasteiger charge is 1.99. The summed E-state index contributed by atoms with van der Waals surface area (Å²) < 4.78 is 12.6. The Labute approximate surface area is 66.4 Å². The first-order valence-corrected chi connectivity index (χ1v) is 3.57. The molecule has 0 aromatic carbocycles. The van der Waals surface area contributed by atoms with Crippen molar-refractivity contribution in [3.8, 4) is 0 Å². The van der Waals surface area contributed by atoms with Crippen LogP contribution in [-0.2, 0) is 0 Å². The van der Waals surface area contributed by atoms with Gasteiger partial charge in [-0.1, -0.05) is 30.4 Å². The van der Waals surface area contributed by atoms with Crippen LogP contribution in [0.15, 0.2) is 48.1 Å². The summed E-state index contributed by atoms with van der Waals surface area (Å²) in [7, 11) is 0. The molecule has 58 valence electrons. The Hall–Kier alpha value is -1.11. The summed E-state index contributed by atoms with van der Waals surface area (Å²) in [6.45, 7) is 5.67. The minimum atomic E-state index is -0.955. The van der Waals surface area contributed by atoms with Crippen molar-refractivity contribution in [1.29, 1.82) is 0 Å². The molecule has 0 radical (unpaired) electrons. The number of alkyl halides is 1. The van der Waals surface area contributed by atoms with Gasteiger partial charge in [0.25, 0.3) is 0 Å². The van der Waals surface area contributed by atoms with Gasteiger partial charge in [0.15, 0.2) is 0 Å². The van der Waals surface area contributed by atoms with Crippen LogP contribution >= 0.6 is 0 Å². The first-order valence-electron chi connectivity index (χ1n) is 3.57. The first kappa shape index (κ1) is 7.99. The van der Waals surface area contributed by atoms with Crippen LogP contribution in [0, 0.1) is 0 Å². The van der Waals surface area contributed by atoms with Crippen molar-refractivity contribution >= 4 is 0 Å². The summed E-state index contributed by atoms with van der Waals surface area (Å²) in [5, 5.41) is 0. The molecule has 1 aliphatic rings. The highest BCUT2D eigenvalue weighted by molar-refractivity contribution is 5.41. The molecule has 0 heterocycles. The lowest BCUT2D eigenvalue weighted by atomic mass is 10.1. The van der Waals surface area contributed by atoms with E-state index in [0.29, 0.717) is 0 Å². The predicted octanol–water partition coefficient (Wildman–Crippen LogP) is 2.95. The van der Waals surface area contributed by atoms with Crippen LogP contribution in [0.25, 0.3) is 0 Å². The molecule has 1 rings (SSSR count). The molecule has 0 aromatic rings. The molecule has 11 heavy (non-hydrogen) atoms. The van der Waals surface area contributed by atoms with E-state index in [-0.39, 0.29) is 0 Å². The Kier molecular flexibility index (Phi) is 2.42. The molecule has 0 saturated heterocycles. The van der Waals surface area contributed by atoms with Crippen molar-refractivity contribution in [2.24, 2.45) is 0 Å². The van der Waals surface area contributed by atoms with Crippen molar-refractivity contribution < 1.29 is 4.39 Å². The van der Waals surface area contributed by atoms with Gasteiger partial charge in [-0.05, 0) is 24.6 Å². The van der Waals surface area contributed by atoms with Gasteiger partial charge in [-0.25, -0.2) is 4.39 Å². The molecule has 0 nitrogen and oxygen atoms in total. The topological polar surface area (TPSA) is 0 Å². The van der Waals surface area contributed by atoms with Gasteiger partial charge < -0.3 is 0 Å². The molecule has 0 N–H and O–H groups in total. The van der Waals surface area contributed by atoms with E-state index in [4.69, 9.17) is 0 Å². The van der Waals surface area contributed by atoms with Crippen molar-refractivity contribution in [3.63, 3.8) is 0 Å². The Morgan fingerprint density at radius 1 is 1.55 bits per heavy atom. The molecule has 0 fully saturated rings. The second-order valence-corrected chi connectivity index (χ2v) is 2.59. The van der Waals surface area contributed by atoms with Crippen molar-refractivity contribution in [3.05, 3.63) is 48.1 Å². The van der Waals surface area contributed by atoms with Crippen LogP contribution in [-0.4, -0.2) is 6.17 Å². The average molecular weight is 150 g/mol. The normalized spacial score (nSPS) is 22.7. The molecular weight excluding hydrogens is 139 g/mol. The lowest BCUT2D eigenvalue weighted by Crippen LogP contribution is -1.85. The van der Waals surface area contributed by atoms with E-state index in [2.05, 4.69) is 6.58 Å². The van der Waals surface area contributed by atoms with Gasteiger partial charge in [-0.15, -0.1) is 0 Å². The number of hydrogen-bond acceptors (Lipinski definition) is 0. The summed E-state index contributed by atoms with van der Waals surface area (Å²) in [6, 6.07) is 0. The molecule has 0 amide bonds. The maximum Gasteiger partial charge on any atom is 0.137 e. The van der Waals surface area contributed by atoms with Gasteiger partial charge in [0.05, 0.1) is 0 Å². The van der Waals surface area contributed by atoms with Crippen LogP contribution in [0.4, 0.5) is 4.39 Å². The third-order valence-corrected chi connectivity index (χ3v) is 1.52. The largest absolute Gasteiger partial charge is 0.238 e. The second kappa shape index (κ2) is 3.33. The van der Waals surface area contributed by atoms with E-state index >= 15 is 0 Å². The van der Waals surface area contributed by atoms with E-state index < -0.39 is 6.17 Å². The maximum atomic E-state index is 12.6. The summed E-state index contributed by atoms with van der Waals surface area (Å²) in [5.41, 5.74) is 1.95. The minimum absolute atomic E-state index is 0.955. The zero-order chi connectivity index (χ0) is 8.27. The fraction of sp³-hybridized carbons (Fsp3) is 0.200. The molecule has 1 heteroatoms. The van der Waals surface area contributed by atoms with Gasteiger partial charge in [-0.3, -0.25) is 0 Å². The van der Waals surface area contributed by atoms with Crippen molar-refractivity contribution in [2.45, 2.75) is 13.1 Å². The molecule has 0 bridgehead atoms. The SMILES string of the molecule is C=C(C)C1=CC=CC(F)C=C1. The highest BCUT2D eigenvalue weighted by Crippen LogP contribution is 2.13. The third-order valence-electron chi connectivity index (χ3n) is 1.52. The van der Waals surface area contributed by atoms with Crippen molar-refractivity contribution in [2.75, 3.05) is 0 Å². The predicted molar refractivity (Wildman–Crippen MR) is 46.1 cm³/mol. The van der Waals surface area contributed by atoms with E-state index in [0.717, 1.165) is 11.1 Å². The Morgan fingerprint density at radius 2 is 2.27 bits per heavy atom. The van der Waals surface area contributed by atoms with Crippen LogP contribution in [0.2, 0.25) is 0 Å². The fourth-order valence-corrected chi connectivity index (χ4v) is 0.865. The van der Waals surface area contributed by atoms with Gasteiger partial charge >= 0.3 is 0 Å². The van der Waals surface area contributed by atoms with Gasteiger partial charge in [0.1, 0.15) is 6.17 Å². The number of halogens is 1. The minimum Gasteiger partial charge on any atom is -0.238 e. The molecule has 0 spiro atoms. The molecule has 0 aromatic heterocycles. The zero-order valence-electron chi connectivity index (χ0n) is 6.55. The summed E-state index contributed by atoms with van der Waals surface area (Å²) >= 11 is 0. The summed E-state index contributed by atoms with van der Waals surface area (Å²) in [6.07, 6.45) is 7.40. The van der Waals surface area contributed by atoms with Gasteiger partial charge in [-0.2, -0.15) is 0 Å². The van der Waals surface area contributed by atoms with Crippen LogP contribution in [0.3, 0.4) is 0 Å². The second-order valence-electron chi connectivity index (χ2n) is 2.59. The molecule has 1 aliphatic carbocycles. The quantitative estimate of drug-likeness (QED) is 0.539. The van der Waals surface area contributed by atoms with Crippen molar-refractivity contribution in [1.82, 2.24) is 0 Å². The standard InChI is InChI=1S/C10H11F/c1-8(2)9-4-3-5-10(11)7-6-9/h3-7,10H,1H2,2H3. The summed E-state index contributed by atoms with van der Waals surface area (Å²) in [4.78, 5) is 0. The number of hydrogen-bond donors (Lipinski definition) is 0.